The van der Waals surface area contributed by atoms with Gasteiger partial charge in [0.15, 0.2) is 0 Å². The number of hydrogen-bond donors (Lipinski definition) is 2. The molecular formula is C13H19NO3S. The molecule has 100 valence electrons. The highest BCUT2D eigenvalue weighted by Crippen LogP contribution is 2.29. The maximum Gasteiger partial charge on any atom is 0.339 e. The van der Waals surface area contributed by atoms with Gasteiger partial charge < -0.3 is 14.8 Å². The third kappa shape index (κ3) is 3.29. The molecule has 1 saturated carbocycles. The van der Waals surface area contributed by atoms with Crippen LogP contribution in [0.3, 0.4) is 0 Å². The Hall–Kier alpha value is -0.940. The molecule has 1 aromatic heterocycles. The molecule has 0 aromatic carbocycles. The smallest absolute Gasteiger partial charge is 0.339 e. The molecule has 0 saturated heterocycles. The fourth-order valence-corrected chi connectivity index (χ4v) is 3.56. The standard InChI is InChI=1S/C13H19NO3S/c1-2-18-10-4-3-9(7-10)14-8-12-11(13(15)16)5-6-17-12/h5-6,9-10,14H,2-4,7-8H2,1H3,(H,15,16). The van der Waals surface area contributed by atoms with E-state index in [1.807, 2.05) is 11.8 Å². The molecular weight excluding hydrogens is 250 g/mol. The van der Waals surface area contributed by atoms with Crippen molar-refractivity contribution in [2.45, 2.75) is 44.0 Å². The summed E-state index contributed by atoms with van der Waals surface area (Å²) in [6.07, 6.45) is 5.02. The summed E-state index contributed by atoms with van der Waals surface area (Å²) >= 11 is 2.02. The van der Waals surface area contributed by atoms with Crippen LogP contribution < -0.4 is 5.32 Å². The largest absolute Gasteiger partial charge is 0.478 e. The first-order chi connectivity index (χ1) is 8.70. The minimum absolute atomic E-state index is 0.264. The van der Waals surface area contributed by atoms with Crippen molar-refractivity contribution < 1.29 is 14.3 Å². The van der Waals surface area contributed by atoms with Gasteiger partial charge in [0, 0.05) is 11.3 Å². The van der Waals surface area contributed by atoms with Crippen molar-refractivity contribution in [3.05, 3.63) is 23.7 Å². The molecule has 0 radical (unpaired) electrons. The van der Waals surface area contributed by atoms with Gasteiger partial charge in [-0.1, -0.05) is 6.92 Å². The number of carboxylic acid groups (broad SMARTS) is 1. The van der Waals surface area contributed by atoms with Gasteiger partial charge in [0.25, 0.3) is 0 Å². The molecule has 0 spiro atoms. The van der Waals surface area contributed by atoms with Crippen molar-refractivity contribution in [3.63, 3.8) is 0 Å². The molecule has 1 aromatic rings. The van der Waals surface area contributed by atoms with E-state index in [-0.39, 0.29) is 5.56 Å². The topological polar surface area (TPSA) is 62.5 Å². The highest BCUT2D eigenvalue weighted by atomic mass is 32.2. The number of furan rings is 1. The summed E-state index contributed by atoms with van der Waals surface area (Å²) < 4.78 is 5.21. The van der Waals surface area contributed by atoms with Crippen LogP contribution in [0.5, 0.6) is 0 Å². The molecule has 1 aliphatic rings. The molecule has 18 heavy (non-hydrogen) atoms. The molecule has 0 bridgehead atoms. The first-order valence-electron chi connectivity index (χ1n) is 6.35. The van der Waals surface area contributed by atoms with Crippen LogP contribution in [0.2, 0.25) is 0 Å². The average Bonchev–Trinajstić information content (AvgIpc) is 2.95. The number of carboxylic acids is 1. The van der Waals surface area contributed by atoms with Gasteiger partial charge in [-0.2, -0.15) is 11.8 Å². The van der Waals surface area contributed by atoms with Crippen molar-refractivity contribution in [2.24, 2.45) is 0 Å². The molecule has 2 rings (SSSR count). The normalized spacial score (nSPS) is 23.4. The predicted molar refractivity (Wildman–Crippen MR) is 72.1 cm³/mol. The Bertz CT molecular complexity index is 405. The summed E-state index contributed by atoms with van der Waals surface area (Å²) in [6.45, 7) is 2.69. The first-order valence-corrected chi connectivity index (χ1v) is 7.40. The van der Waals surface area contributed by atoms with Gasteiger partial charge in [0.2, 0.25) is 0 Å². The molecule has 2 N–H and O–H groups in total. The number of aromatic carboxylic acids is 1. The van der Waals surface area contributed by atoms with E-state index >= 15 is 0 Å². The lowest BCUT2D eigenvalue weighted by molar-refractivity contribution is 0.0694. The molecule has 2 unspecified atom stereocenters. The second-order valence-corrected chi connectivity index (χ2v) is 6.11. The van der Waals surface area contributed by atoms with Gasteiger partial charge in [0.1, 0.15) is 11.3 Å². The van der Waals surface area contributed by atoms with Crippen LogP contribution in [0.25, 0.3) is 0 Å². The Morgan fingerprint density at radius 3 is 3.17 bits per heavy atom. The van der Waals surface area contributed by atoms with Crippen LogP contribution in [0, 0.1) is 0 Å². The first kappa shape index (κ1) is 13.5. The van der Waals surface area contributed by atoms with Gasteiger partial charge in [-0.3, -0.25) is 0 Å². The van der Waals surface area contributed by atoms with Crippen molar-refractivity contribution in [2.75, 3.05) is 5.75 Å². The van der Waals surface area contributed by atoms with E-state index in [4.69, 9.17) is 9.52 Å². The third-order valence-electron chi connectivity index (χ3n) is 3.31. The molecule has 4 nitrogen and oxygen atoms in total. The fraction of sp³-hybridized carbons (Fsp3) is 0.615. The Labute approximate surface area is 111 Å². The minimum atomic E-state index is -0.925. The SMILES string of the molecule is CCSC1CCC(NCc2occc2C(=O)O)C1. The second-order valence-electron chi connectivity index (χ2n) is 4.53. The van der Waals surface area contributed by atoms with E-state index in [2.05, 4.69) is 12.2 Å². The summed E-state index contributed by atoms with van der Waals surface area (Å²) in [5.74, 6) is 0.763. The van der Waals surface area contributed by atoms with Crippen LogP contribution in [0.4, 0.5) is 0 Å². The summed E-state index contributed by atoms with van der Waals surface area (Å²) in [7, 11) is 0. The molecule has 1 heterocycles. The zero-order valence-electron chi connectivity index (χ0n) is 10.5. The van der Waals surface area contributed by atoms with E-state index in [9.17, 15) is 4.79 Å². The molecule has 5 heteroatoms. The van der Waals surface area contributed by atoms with Crippen molar-refractivity contribution in [3.8, 4) is 0 Å². The van der Waals surface area contributed by atoms with E-state index in [0.717, 1.165) is 5.25 Å². The van der Waals surface area contributed by atoms with Crippen molar-refractivity contribution in [1.82, 2.24) is 5.32 Å². The number of carbonyl (C=O) groups is 1. The predicted octanol–water partition coefficient (Wildman–Crippen LogP) is 2.74. The van der Waals surface area contributed by atoms with Crippen LogP contribution in [0.1, 0.15) is 42.3 Å². The lowest BCUT2D eigenvalue weighted by Gasteiger charge is -2.12. The lowest BCUT2D eigenvalue weighted by atomic mass is 10.2. The maximum absolute atomic E-state index is 10.9. The van der Waals surface area contributed by atoms with Crippen LogP contribution in [-0.4, -0.2) is 28.1 Å². The van der Waals surface area contributed by atoms with Gasteiger partial charge in [-0.05, 0) is 31.1 Å². The second kappa shape index (κ2) is 6.29. The number of hydrogen-bond acceptors (Lipinski definition) is 4. The molecule has 1 fully saturated rings. The van der Waals surface area contributed by atoms with E-state index in [1.54, 1.807) is 0 Å². The summed E-state index contributed by atoms with van der Waals surface area (Å²) in [5, 5.41) is 13.1. The Morgan fingerprint density at radius 1 is 1.61 bits per heavy atom. The summed E-state index contributed by atoms with van der Waals surface area (Å²) in [4.78, 5) is 10.9. The summed E-state index contributed by atoms with van der Waals surface area (Å²) in [5.41, 5.74) is 0.264. The van der Waals surface area contributed by atoms with E-state index in [0.29, 0.717) is 18.3 Å². The van der Waals surface area contributed by atoms with Crippen molar-refractivity contribution >= 4 is 17.7 Å². The van der Waals surface area contributed by atoms with E-state index < -0.39 is 5.97 Å². The third-order valence-corrected chi connectivity index (χ3v) is 4.55. The van der Waals surface area contributed by atoms with Gasteiger partial charge >= 0.3 is 5.97 Å². The zero-order chi connectivity index (χ0) is 13.0. The fourth-order valence-electron chi connectivity index (χ4n) is 2.42. The van der Waals surface area contributed by atoms with E-state index in [1.165, 1.54) is 37.3 Å². The molecule has 0 amide bonds. The Kier molecular flexibility index (Phi) is 4.72. The molecule has 1 aliphatic carbocycles. The molecule has 2 atom stereocenters. The monoisotopic (exact) mass is 269 g/mol. The van der Waals surface area contributed by atoms with Crippen LogP contribution in [0.15, 0.2) is 16.7 Å². The summed E-state index contributed by atoms with van der Waals surface area (Å²) in [6, 6.07) is 1.99. The highest BCUT2D eigenvalue weighted by Gasteiger charge is 2.24. The van der Waals surface area contributed by atoms with Crippen molar-refractivity contribution in [1.29, 1.82) is 0 Å². The van der Waals surface area contributed by atoms with Gasteiger partial charge in [-0.15, -0.1) is 0 Å². The van der Waals surface area contributed by atoms with Gasteiger partial charge in [-0.25, -0.2) is 4.79 Å². The zero-order valence-corrected chi connectivity index (χ0v) is 11.3. The quantitative estimate of drug-likeness (QED) is 0.831. The average molecular weight is 269 g/mol. The number of rotatable bonds is 6. The number of thioether (sulfide) groups is 1. The van der Waals surface area contributed by atoms with Crippen LogP contribution >= 0.6 is 11.8 Å². The lowest BCUT2D eigenvalue weighted by Crippen LogP contribution is -2.26. The number of nitrogens with one attached hydrogen (secondary N) is 1. The Morgan fingerprint density at radius 2 is 2.44 bits per heavy atom. The Balaban J connectivity index is 1.82. The van der Waals surface area contributed by atoms with Crippen LogP contribution in [-0.2, 0) is 6.54 Å². The van der Waals surface area contributed by atoms with Gasteiger partial charge in [0.05, 0.1) is 12.8 Å². The highest BCUT2D eigenvalue weighted by molar-refractivity contribution is 7.99. The molecule has 0 aliphatic heterocycles. The minimum Gasteiger partial charge on any atom is -0.478 e. The maximum atomic E-state index is 10.9.